The third-order valence-electron chi connectivity index (χ3n) is 3.02. The molecule has 22 heavy (non-hydrogen) atoms. The minimum atomic E-state index is -0.303. The van der Waals surface area contributed by atoms with E-state index in [0.717, 1.165) is 5.56 Å². The molecular weight excluding hydrogens is 276 g/mol. The van der Waals surface area contributed by atoms with Crippen LogP contribution < -0.4 is 11.0 Å². The van der Waals surface area contributed by atoms with Crippen LogP contribution in [0, 0.1) is 0 Å². The Morgan fingerprint density at radius 3 is 2.68 bits per heavy atom. The Morgan fingerprint density at radius 2 is 1.82 bits per heavy atom. The molecule has 108 valence electrons. The zero-order valence-electron chi connectivity index (χ0n) is 11.7. The minimum Gasteiger partial charge on any atom is -0.317 e. The number of hydrazone groups is 1. The quantitative estimate of drug-likeness (QED) is 0.573. The molecule has 0 aliphatic rings. The van der Waals surface area contributed by atoms with Gasteiger partial charge in [0.05, 0.1) is 11.0 Å². The van der Waals surface area contributed by atoms with Gasteiger partial charge in [0.15, 0.2) is 0 Å². The van der Waals surface area contributed by atoms with Gasteiger partial charge in [-0.15, -0.1) is 0 Å². The molecule has 3 aromatic rings. The smallest absolute Gasteiger partial charge is 0.293 e. The van der Waals surface area contributed by atoms with Crippen LogP contribution in [0.2, 0.25) is 0 Å². The number of nitrogens with zero attached hydrogens (tertiary/aromatic N) is 2. The van der Waals surface area contributed by atoms with Crippen LogP contribution in [0.3, 0.4) is 0 Å². The summed E-state index contributed by atoms with van der Waals surface area (Å²) in [4.78, 5) is 18.8. The first-order valence-corrected chi connectivity index (χ1v) is 6.83. The predicted octanol–water partition coefficient (Wildman–Crippen LogP) is 3.03. The lowest BCUT2D eigenvalue weighted by Crippen LogP contribution is -2.13. The number of allylic oxidation sites excluding steroid dienone is 1. The lowest BCUT2D eigenvalue weighted by Gasteiger charge is -2.00. The number of benzene rings is 2. The maximum absolute atomic E-state index is 11.8. The van der Waals surface area contributed by atoms with Gasteiger partial charge in [0.25, 0.3) is 5.56 Å². The molecule has 0 aliphatic carbocycles. The second-order valence-corrected chi connectivity index (χ2v) is 4.59. The maximum atomic E-state index is 11.8. The molecule has 2 aromatic carbocycles. The summed E-state index contributed by atoms with van der Waals surface area (Å²) >= 11 is 0. The topological polar surface area (TPSA) is 70.1 Å². The van der Waals surface area contributed by atoms with E-state index in [9.17, 15) is 4.79 Å². The Kier molecular flexibility index (Phi) is 4.06. The molecule has 0 spiro atoms. The average Bonchev–Trinajstić information content (AvgIpc) is 2.56. The van der Waals surface area contributed by atoms with Gasteiger partial charge >= 0.3 is 0 Å². The number of aromatic amines is 1. The standard InChI is InChI=1S/C17H14N4O/c22-17-16(19-14-10-4-5-11-15(14)20-17)21-18-12-6-9-13-7-2-1-3-8-13/h1-12H,(H,19,21)(H,20,22). The highest BCUT2D eigenvalue weighted by Crippen LogP contribution is 2.07. The molecule has 1 aromatic heterocycles. The van der Waals surface area contributed by atoms with E-state index in [2.05, 4.69) is 20.5 Å². The summed E-state index contributed by atoms with van der Waals surface area (Å²) in [6, 6.07) is 17.2. The number of anilines is 1. The zero-order valence-corrected chi connectivity index (χ0v) is 11.7. The summed E-state index contributed by atoms with van der Waals surface area (Å²) in [6.07, 6.45) is 5.28. The van der Waals surface area contributed by atoms with Crippen molar-refractivity contribution in [1.29, 1.82) is 0 Å². The van der Waals surface area contributed by atoms with Crippen molar-refractivity contribution >= 4 is 29.1 Å². The Labute approximate surface area is 127 Å². The lowest BCUT2D eigenvalue weighted by molar-refractivity contribution is 1.17. The van der Waals surface area contributed by atoms with Crippen molar-refractivity contribution in [2.45, 2.75) is 0 Å². The highest BCUT2D eigenvalue weighted by atomic mass is 16.1. The molecule has 0 amide bonds. The second kappa shape index (κ2) is 6.49. The molecule has 2 N–H and O–H groups in total. The lowest BCUT2D eigenvalue weighted by atomic mass is 10.2. The molecule has 0 fully saturated rings. The third-order valence-corrected chi connectivity index (χ3v) is 3.02. The number of hydrogen-bond donors (Lipinski definition) is 2. The maximum Gasteiger partial charge on any atom is 0.293 e. The van der Waals surface area contributed by atoms with Crippen LogP contribution in [0.15, 0.2) is 70.6 Å². The fourth-order valence-corrected chi connectivity index (χ4v) is 1.97. The minimum absolute atomic E-state index is 0.170. The number of para-hydroxylation sites is 2. The van der Waals surface area contributed by atoms with Crippen LogP contribution in [-0.2, 0) is 0 Å². The Hall–Kier alpha value is -3.21. The van der Waals surface area contributed by atoms with E-state index in [1.54, 1.807) is 18.4 Å². The van der Waals surface area contributed by atoms with Crippen molar-refractivity contribution in [1.82, 2.24) is 9.97 Å². The molecule has 0 radical (unpaired) electrons. The SMILES string of the molecule is O=c1[nH]c2ccccc2nc1NN=CC=Cc1ccccc1. The van der Waals surface area contributed by atoms with Gasteiger partial charge in [-0.1, -0.05) is 48.5 Å². The van der Waals surface area contributed by atoms with E-state index >= 15 is 0 Å². The number of aromatic nitrogens is 2. The van der Waals surface area contributed by atoms with Crippen molar-refractivity contribution < 1.29 is 0 Å². The molecule has 0 saturated heterocycles. The largest absolute Gasteiger partial charge is 0.317 e. The first-order valence-electron chi connectivity index (χ1n) is 6.83. The number of H-pyrrole nitrogens is 1. The first kappa shape index (κ1) is 13.8. The fourth-order valence-electron chi connectivity index (χ4n) is 1.97. The van der Waals surface area contributed by atoms with Gasteiger partial charge in [-0.2, -0.15) is 5.10 Å². The molecule has 5 nitrogen and oxygen atoms in total. The summed E-state index contributed by atoms with van der Waals surface area (Å²) in [5.41, 5.74) is 4.84. The van der Waals surface area contributed by atoms with Gasteiger partial charge in [-0.05, 0) is 23.8 Å². The molecule has 0 aliphatic heterocycles. The van der Waals surface area contributed by atoms with E-state index < -0.39 is 0 Å². The van der Waals surface area contributed by atoms with E-state index in [0.29, 0.717) is 11.0 Å². The van der Waals surface area contributed by atoms with Gasteiger partial charge in [0, 0.05) is 6.21 Å². The monoisotopic (exact) mass is 290 g/mol. The summed E-state index contributed by atoms with van der Waals surface area (Å²) in [5, 5.41) is 3.98. The average molecular weight is 290 g/mol. The fraction of sp³-hybridized carbons (Fsp3) is 0. The van der Waals surface area contributed by atoms with Crippen molar-refractivity contribution in [3.63, 3.8) is 0 Å². The zero-order chi connectivity index (χ0) is 15.2. The number of rotatable bonds is 4. The molecule has 5 heteroatoms. The van der Waals surface area contributed by atoms with E-state index in [-0.39, 0.29) is 11.4 Å². The summed E-state index contributed by atoms with van der Waals surface area (Å²) in [5.74, 6) is 0.170. The number of fused-ring (bicyclic) bond motifs is 1. The Balaban J connectivity index is 1.71. The van der Waals surface area contributed by atoms with Crippen LogP contribution in [0.1, 0.15) is 5.56 Å². The van der Waals surface area contributed by atoms with Crippen LogP contribution >= 0.6 is 0 Å². The number of nitrogens with one attached hydrogen (secondary N) is 2. The third kappa shape index (κ3) is 3.27. The summed E-state index contributed by atoms with van der Waals surface area (Å²) in [7, 11) is 0. The van der Waals surface area contributed by atoms with Gasteiger partial charge < -0.3 is 4.98 Å². The van der Waals surface area contributed by atoms with Crippen LogP contribution in [0.5, 0.6) is 0 Å². The Bertz CT molecular complexity index is 882. The molecule has 1 heterocycles. The molecule has 0 atom stereocenters. The van der Waals surface area contributed by atoms with E-state index in [4.69, 9.17) is 0 Å². The molecule has 0 unspecified atom stereocenters. The Morgan fingerprint density at radius 1 is 1.05 bits per heavy atom. The van der Waals surface area contributed by atoms with Crippen molar-refractivity contribution in [2.24, 2.45) is 5.10 Å². The summed E-state index contributed by atoms with van der Waals surface area (Å²) < 4.78 is 0. The van der Waals surface area contributed by atoms with Crippen molar-refractivity contribution in [2.75, 3.05) is 5.43 Å². The second-order valence-electron chi connectivity index (χ2n) is 4.59. The molecular formula is C17H14N4O. The van der Waals surface area contributed by atoms with Gasteiger partial charge in [-0.3, -0.25) is 10.2 Å². The van der Waals surface area contributed by atoms with Crippen LogP contribution in [-0.4, -0.2) is 16.2 Å². The summed E-state index contributed by atoms with van der Waals surface area (Å²) in [6.45, 7) is 0. The highest BCUT2D eigenvalue weighted by Gasteiger charge is 2.02. The molecule has 3 rings (SSSR count). The van der Waals surface area contributed by atoms with Gasteiger partial charge in [0.2, 0.25) is 5.82 Å². The van der Waals surface area contributed by atoms with Crippen molar-refractivity contribution in [3.8, 4) is 0 Å². The molecule has 0 bridgehead atoms. The number of hydrogen-bond acceptors (Lipinski definition) is 4. The van der Waals surface area contributed by atoms with E-state index in [1.807, 2.05) is 54.6 Å². The predicted molar refractivity (Wildman–Crippen MR) is 90.0 cm³/mol. The van der Waals surface area contributed by atoms with Crippen LogP contribution in [0.4, 0.5) is 5.82 Å². The van der Waals surface area contributed by atoms with Gasteiger partial charge in [-0.25, -0.2) is 4.98 Å². The highest BCUT2D eigenvalue weighted by molar-refractivity contribution is 5.79. The first-order chi connectivity index (χ1) is 10.8. The van der Waals surface area contributed by atoms with Crippen LogP contribution in [0.25, 0.3) is 17.1 Å². The normalized spacial score (nSPS) is 11.5. The van der Waals surface area contributed by atoms with Gasteiger partial charge in [0.1, 0.15) is 0 Å². The molecule has 0 saturated carbocycles. The van der Waals surface area contributed by atoms with E-state index in [1.165, 1.54) is 0 Å². The van der Waals surface area contributed by atoms with Crippen molar-refractivity contribution in [3.05, 3.63) is 76.6 Å².